The first kappa shape index (κ1) is 16.2. The second-order valence-corrected chi connectivity index (χ2v) is 7.53. The van der Waals surface area contributed by atoms with Crippen molar-refractivity contribution in [3.63, 3.8) is 0 Å². The zero-order valence-corrected chi connectivity index (χ0v) is 15.1. The molecule has 1 aromatic heterocycles. The fourth-order valence-corrected chi connectivity index (χ4v) is 3.48. The third-order valence-corrected chi connectivity index (χ3v) is 4.73. The third kappa shape index (κ3) is 2.60. The number of hydrogen-bond acceptors (Lipinski definition) is 3. The van der Waals surface area contributed by atoms with Crippen LogP contribution in [0.15, 0.2) is 60.9 Å². The summed E-state index contributed by atoms with van der Waals surface area (Å²) < 4.78 is 0. The molecule has 4 aromatic rings. The topological polar surface area (TPSA) is 49.6 Å². The maximum absolute atomic E-state index is 9.38. The maximum Gasteiger partial charge on any atom is 0.116 e. The molecule has 0 amide bonds. The molecule has 3 heteroatoms. The Morgan fingerprint density at radius 1 is 0.885 bits per heavy atom. The molecule has 4 rings (SSSR count). The average Bonchev–Trinajstić information content (AvgIpc) is 2.65. The summed E-state index contributed by atoms with van der Waals surface area (Å²) in [7, 11) is 0. The van der Waals surface area contributed by atoms with E-state index >= 15 is 0 Å². The van der Waals surface area contributed by atoms with Crippen LogP contribution in [0.3, 0.4) is 0 Å². The first-order chi connectivity index (χ1) is 12.5. The summed E-state index contributed by atoms with van der Waals surface area (Å²) in [6.07, 6.45) is 1.55. The Balaban J connectivity index is 2.08. The first-order valence-corrected chi connectivity index (χ1v) is 8.66. The third-order valence-electron chi connectivity index (χ3n) is 4.73. The van der Waals surface area contributed by atoms with Crippen LogP contribution in [0.2, 0.25) is 0 Å². The fraction of sp³-hybridized carbons (Fsp3) is 0.174. The predicted octanol–water partition coefficient (Wildman–Crippen LogP) is 5.62. The molecule has 3 aromatic carbocycles. The number of nitriles is 1. The number of para-hydroxylation sites is 1. The molecule has 0 aliphatic carbocycles. The number of aromatic nitrogens is 2. The lowest BCUT2D eigenvalue weighted by Crippen LogP contribution is -2.12. The Morgan fingerprint density at radius 3 is 2.42 bits per heavy atom. The van der Waals surface area contributed by atoms with Crippen molar-refractivity contribution in [2.75, 3.05) is 0 Å². The van der Waals surface area contributed by atoms with Gasteiger partial charge in [-0.05, 0) is 39.9 Å². The second kappa shape index (κ2) is 5.93. The van der Waals surface area contributed by atoms with E-state index in [2.05, 4.69) is 73.2 Å². The predicted molar refractivity (Wildman–Crippen MR) is 106 cm³/mol. The van der Waals surface area contributed by atoms with Crippen molar-refractivity contribution in [1.29, 1.82) is 5.26 Å². The van der Waals surface area contributed by atoms with Crippen LogP contribution in [-0.4, -0.2) is 9.97 Å². The van der Waals surface area contributed by atoms with E-state index in [1.165, 1.54) is 16.3 Å². The normalized spacial score (nSPS) is 11.6. The van der Waals surface area contributed by atoms with Gasteiger partial charge in [-0.15, -0.1) is 0 Å². The summed E-state index contributed by atoms with van der Waals surface area (Å²) in [5, 5.41) is 12.7. The number of fused-ring (bicyclic) bond motifs is 2. The highest BCUT2D eigenvalue weighted by molar-refractivity contribution is 5.98. The molecule has 26 heavy (non-hydrogen) atoms. The van der Waals surface area contributed by atoms with Crippen molar-refractivity contribution < 1.29 is 0 Å². The lowest BCUT2D eigenvalue weighted by atomic mass is 9.82. The van der Waals surface area contributed by atoms with E-state index in [4.69, 9.17) is 0 Å². The van der Waals surface area contributed by atoms with Gasteiger partial charge in [-0.3, -0.25) is 0 Å². The minimum absolute atomic E-state index is 0.0102. The monoisotopic (exact) mass is 337 g/mol. The van der Waals surface area contributed by atoms with Crippen LogP contribution in [0.25, 0.3) is 32.9 Å². The van der Waals surface area contributed by atoms with Gasteiger partial charge in [0, 0.05) is 10.9 Å². The summed E-state index contributed by atoms with van der Waals surface area (Å²) in [5.74, 6) is 0. The largest absolute Gasteiger partial charge is 0.236 e. The fourth-order valence-electron chi connectivity index (χ4n) is 3.48. The van der Waals surface area contributed by atoms with Crippen molar-refractivity contribution in [2.24, 2.45) is 0 Å². The maximum atomic E-state index is 9.38. The van der Waals surface area contributed by atoms with Gasteiger partial charge in [-0.25, -0.2) is 9.97 Å². The summed E-state index contributed by atoms with van der Waals surface area (Å²) in [5.41, 5.74) is 4.48. The van der Waals surface area contributed by atoms with Crippen LogP contribution >= 0.6 is 0 Å². The number of rotatable bonds is 1. The lowest BCUT2D eigenvalue weighted by Gasteiger charge is -2.23. The molecule has 0 atom stereocenters. The Morgan fingerprint density at radius 2 is 1.65 bits per heavy atom. The minimum atomic E-state index is 0.0102. The van der Waals surface area contributed by atoms with Gasteiger partial charge in [0.15, 0.2) is 0 Å². The smallest absolute Gasteiger partial charge is 0.116 e. The van der Waals surface area contributed by atoms with E-state index < -0.39 is 0 Å². The quantitative estimate of drug-likeness (QED) is 0.453. The average molecular weight is 337 g/mol. The Kier molecular flexibility index (Phi) is 3.70. The SMILES string of the molecule is CC(C)(C)c1cc(-c2ncnc3c(C#N)cccc23)cc2ccccc12. The van der Waals surface area contributed by atoms with Crippen molar-refractivity contribution in [2.45, 2.75) is 26.2 Å². The Hall–Kier alpha value is -3.25. The number of nitrogens with zero attached hydrogens (tertiary/aromatic N) is 3. The highest BCUT2D eigenvalue weighted by atomic mass is 14.8. The summed E-state index contributed by atoms with van der Waals surface area (Å²) in [6.45, 7) is 6.68. The molecule has 0 unspecified atom stereocenters. The van der Waals surface area contributed by atoms with Gasteiger partial charge in [-0.1, -0.05) is 57.2 Å². The molecule has 126 valence electrons. The molecule has 0 saturated heterocycles. The zero-order chi connectivity index (χ0) is 18.3. The molecule has 1 heterocycles. The van der Waals surface area contributed by atoms with Crippen LogP contribution in [0.4, 0.5) is 0 Å². The zero-order valence-electron chi connectivity index (χ0n) is 15.1. The van der Waals surface area contributed by atoms with Gasteiger partial charge in [0.25, 0.3) is 0 Å². The standard InChI is InChI=1S/C23H19N3/c1-23(2,3)20-12-17(11-15-7-4-5-9-18(15)20)22-19-10-6-8-16(13-24)21(19)25-14-26-22/h4-12,14H,1-3H3. The Labute approximate surface area is 153 Å². The van der Waals surface area contributed by atoms with Crippen LogP contribution in [0, 0.1) is 11.3 Å². The molecule has 0 aliphatic heterocycles. The van der Waals surface area contributed by atoms with E-state index in [9.17, 15) is 5.26 Å². The number of benzene rings is 3. The van der Waals surface area contributed by atoms with E-state index in [1.54, 1.807) is 12.4 Å². The highest BCUT2D eigenvalue weighted by Crippen LogP contribution is 2.36. The van der Waals surface area contributed by atoms with Gasteiger partial charge in [0.2, 0.25) is 0 Å². The van der Waals surface area contributed by atoms with E-state index in [-0.39, 0.29) is 5.41 Å². The molecule has 0 N–H and O–H groups in total. The Bertz CT molecular complexity index is 1180. The van der Waals surface area contributed by atoms with Crippen molar-refractivity contribution in [3.8, 4) is 17.3 Å². The van der Waals surface area contributed by atoms with Gasteiger partial charge in [0.05, 0.1) is 16.8 Å². The molecular weight excluding hydrogens is 318 g/mol. The van der Waals surface area contributed by atoms with Crippen LogP contribution in [0.5, 0.6) is 0 Å². The summed E-state index contributed by atoms with van der Waals surface area (Å²) >= 11 is 0. The van der Waals surface area contributed by atoms with Gasteiger partial charge < -0.3 is 0 Å². The van der Waals surface area contributed by atoms with Gasteiger partial charge >= 0.3 is 0 Å². The van der Waals surface area contributed by atoms with Crippen molar-refractivity contribution in [1.82, 2.24) is 9.97 Å². The molecule has 3 nitrogen and oxygen atoms in total. The van der Waals surface area contributed by atoms with Crippen molar-refractivity contribution >= 4 is 21.7 Å². The summed E-state index contributed by atoms with van der Waals surface area (Å²) in [4.78, 5) is 8.90. The highest BCUT2D eigenvalue weighted by Gasteiger charge is 2.19. The first-order valence-electron chi connectivity index (χ1n) is 8.66. The van der Waals surface area contributed by atoms with Crippen molar-refractivity contribution in [3.05, 3.63) is 72.1 Å². The van der Waals surface area contributed by atoms with E-state index in [1.807, 2.05) is 12.1 Å². The second-order valence-electron chi connectivity index (χ2n) is 7.53. The van der Waals surface area contributed by atoms with E-state index in [0.717, 1.165) is 16.6 Å². The van der Waals surface area contributed by atoms with E-state index in [0.29, 0.717) is 11.1 Å². The van der Waals surface area contributed by atoms with Gasteiger partial charge in [-0.2, -0.15) is 5.26 Å². The number of hydrogen-bond donors (Lipinski definition) is 0. The molecule has 0 spiro atoms. The summed E-state index contributed by atoms with van der Waals surface area (Å²) in [6, 6.07) is 20.7. The molecule has 0 saturated carbocycles. The molecular formula is C23H19N3. The van der Waals surface area contributed by atoms with Crippen LogP contribution in [0.1, 0.15) is 31.9 Å². The molecule has 0 aliphatic rings. The molecule has 0 bridgehead atoms. The lowest BCUT2D eigenvalue weighted by molar-refractivity contribution is 0.596. The molecule has 0 fully saturated rings. The molecule has 0 radical (unpaired) electrons. The van der Waals surface area contributed by atoms with Crippen LogP contribution in [-0.2, 0) is 5.41 Å². The van der Waals surface area contributed by atoms with Crippen LogP contribution < -0.4 is 0 Å². The van der Waals surface area contributed by atoms with Gasteiger partial charge in [0.1, 0.15) is 12.4 Å². The minimum Gasteiger partial charge on any atom is -0.236 e.